The van der Waals surface area contributed by atoms with Gasteiger partial charge in [-0.15, -0.1) is 0 Å². The van der Waals surface area contributed by atoms with Gasteiger partial charge in [-0.25, -0.2) is 4.79 Å². The SMILES string of the molecule is COC(=O)CN1CCCC(CNC(=O)Nc2ccc(C)cc2)C1. The number of carbonyl (C=O) groups is 2. The van der Waals surface area contributed by atoms with Crippen LogP contribution in [-0.2, 0) is 9.53 Å². The molecule has 23 heavy (non-hydrogen) atoms. The number of carbonyl (C=O) groups excluding carboxylic acids is 2. The van der Waals surface area contributed by atoms with E-state index in [-0.39, 0.29) is 12.0 Å². The molecule has 1 aromatic rings. The highest BCUT2D eigenvalue weighted by atomic mass is 16.5. The average molecular weight is 319 g/mol. The van der Waals surface area contributed by atoms with Gasteiger partial charge in [0.2, 0.25) is 0 Å². The molecule has 6 nitrogen and oxygen atoms in total. The molecule has 0 radical (unpaired) electrons. The Morgan fingerprint density at radius 1 is 1.30 bits per heavy atom. The number of likely N-dealkylation sites (tertiary alicyclic amines) is 1. The number of piperidine rings is 1. The third kappa shape index (κ3) is 5.90. The van der Waals surface area contributed by atoms with Crippen molar-refractivity contribution in [3.8, 4) is 0 Å². The number of hydrogen-bond acceptors (Lipinski definition) is 4. The fourth-order valence-electron chi connectivity index (χ4n) is 2.76. The van der Waals surface area contributed by atoms with E-state index in [1.165, 1.54) is 7.11 Å². The molecule has 126 valence electrons. The van der Waals surface area contributed by atoms with Gasteiger partial charge >= 0.3 is 12.0 Å². The van der Waals surface area contributed by atoms with Crippen LogP contribution in [-0.4, -0.2) is 50.2 Å². The van der Waals surface area contributed by atoms with Crippen LogP contribution >= 0.6 is 0 Å². The lowest BCUT2D eigenvalue weighted by Crippen LogP contribution is -2.43. The van der Waals surface area contributed by atoms with Gasteiger partial charge in [-0.1, -0.05) is 17.7 Å². The van der Waals surface area contributed by atoms with E-state index in [0.29, 0.717) is 19.0 Å². The zero-order valence-corrected chi connectivity index (χ0v) is 13.8. The van der Waals surface area contributed by atoms with Crippen molar-refractivity contribution in [1.82, 2.24) is 10.2 Å². The number of anilines is 1. The predicted octanol–water partition coefficient (Wildman–Crippen LogP) is 2.00. The van der Waals surface area contributed by atoms with E-state index in [1.54, 1.807) is 0 Å². The van der Waals surface area contributed by atoms with Crippen LogP contribution in [0.2, 0.25) is 0 Å². The third-order valence-corrected chi connectivity index (χ3v) is 4.04. The maximum Gasteiger partial charge on any atom is 0.319 e. The fourth-order valence-corrected chi connectivity index (χ4v) is 2.76. The van der Waals surface area contributed by atoms with Crippen molar-refractivity contribution in [2.24, 2.45) is 5.92 Å². The minimum atomic E-state index is -0.212. The molecule has 2 N–H and O–H groups in total. The summed E-state index contributed by atoms with van der Waals surface area (Å²) < 4.78 is 4.70. The highest BCUT2D eigenvalue weighted by molar-refractivity contribution is 5.89. The first kappa shape index (κ1) is 17.3. The Morgan fingerprint density at radius 2 is 2.04 bits per heavy atom. The molecular formula is C17H25N3O3. The van der Waals surface area contributed by atoms with Gasteiger partial charge in [0.05, 0.1) is 13.7 Å². The molecule has 1 atom stereocenters. The van der Waals surface area contributed by atoms with Crippen LogP contribution in [0.1, 0.15) is 18.4 Å². The number of amides is 2. The van der Waals surface area contributed by atoms with Gasteiger partial charge in [0.1, 0.15) is 0 Å². The fraction of sp³-hybridized carbons (Fsp3) is 0.529. The van der Waals surface area contributed by atoms with Crippen molar-refractivity contribution >= 4 is 17.7 Å². The molecule has 1 aliphatic heterocycles. The zero-order valence-electron chi connectivity index (χ0n) is 13.8. The van der Waals surface area contributed by atoms with Crippen molar-refractivity contribution in [3.63, 3.8) is 0 Å². The van der Waals surface area contributed by atoms with Crippen molar-refractivity contribution in [1.29, 1.82) is 0 Å². The summed E-state index contributed by atoms with van der Waals surface area (Å²) in [6.07, 6.45) is 2.09. The lowest BCUT2D eigenvalue weighted by molar-refractivity contribution is -0.142. The van der Waals surface area contributed by atoms with Gasteiger partial charge in [0.25, 0.3) is 0 Å². The highest BCUT2D eigenvalue weighted by Gasteiger charge is 2.22. The number of urea groups is 1. The molecule has 1 aliphatic rings. The summed E-state index contributed by atoms with van der Waals surface area (Å²) in [4.78, 5) is 25.4. The second-order valence-electron chi connectivity index (χ2n) is 6.02. The van der Waals surface area contributed by atoms with E-state index in [1.807, 2.05) is 31.2 Å². The van der Waals surface area contributed by atoms with Crippen molar-refractivity contribution < 1.29 is 14.3 Å². The largest absolute Gasteiger partial charge is 0.468 e. The maximum atomic E-state index is 11.9. The lowest BCUT2D eigenvalue weighted by atomic mass is 9.98. The Morgan fingerprint density at radius 3 is 2.74 bits per heavy atom. The lowest BCUT2D eigenvalue weighted by Gasteiger charge is -2.31. The number of nitrogens with one attached hydrogen (secondary N) is 2. The van der Waals surface area contributed by atoms with Crippen LogP contribution in [0, 0.1) is 12.8 Å². The smallest absolute Gasteiger partial charge is 0.319 e. The van der Waals surface area contributed by atoms with Crippen molar-refractivity contribution in [2.45, 2.75) is 19.8 Å². The molecular weight excluding hydrogens is 294 g/mol. The molecule has 0 aliphatic carbocycles. The van der Waals surface area contributed by atoms with E-state index in [9.17, 15) is 9.59 Å². The second kappa shape index (κ2) is 8.53. The normalized spacial score (nSPS) is 18.3. The molecule has 2 amide bonds. The second-order valence-corrected chi connectivity index (χ2v) is 6.02. The number of rotatable bonds is 5. The quantitative estimate of drug-likeness (QED) is 0.815. The molecule has 1 saturated heterocycles. The molecule has 0 spiro atoms. The van der Waals surface area contributed by atoms with Crippen molar-refractivity contribution in [3.05, 3.63) is 29.8 Å². The van der Waals surface area contributed by atoms with Crippen LogP contribution < -0.4 is 10.6 Å². The summed E-state index contributed by atoms with van der Waals surface area (Å²) in [5.74, 6) is 0.146. The first-order valence-corrected chi connectivity index (χ1v) is 7.97. The Labute approximate surface area is 137 Å². The molecule has 1 unspecified atom stereocenters. The number of methoxy groups -OCH3 is 1. The van der Waals surface area contributed by atoms with E-state index in [4.69, 9.17) is 4.74 Å². The Kier molecular flexibility index (Phi) is 6.40. The number of nitrogens with zero attached hydrogens (tertiary/aromatic N) is 1. The minimum Gasteiger partial charge on any atom is -0.468 e. The third-order valence-electron chi connectivity index (χ3n) is 4.04. The number of aryl methyl sites for hydroxylation is 1. The van der Waals surface area contributed by atoms with Crippen LogP contribution in [0.5, 0.6) is 0 Å². The van der Waals surface area contributed by atoms with Crippen LogP contribution in [0.25, 0.3) is 0 Å². The Balaban J connectivity index is 1.73. The van der Waals surface area contributed by atoms with Crippen LogP contribution in [0.3, 0.4) is 0 Å². The first-order valence-electron chi connectivity index (χ1n) is 7.97. The highest BCUT2D eigenvalue weighted by Crippen LogP contribution is 2.15. The van der Waals surface area contributed by atoms with E-state index in [0.717, 1.165) is 37.2 Å². The van der Waals surface area contributed by atoms with Gasteiger partial charge in [0.15, 0.2) is 0 Å². The summed E-state index contributed by atoms with van der Waals surface area (Å²) in [7, 11) is 1.40. The number of esters is 1. The number of benzene rings is 1. The molecule has 1 fully saturated rings. The minimum absolute atomic E-state index is 0.195. The van der Waals surface area contributed by atoms with Gasteiger partial charge < -0.3 is 15.4 Å². The number of hydrogen-bond donors (Lipinski definition) is 2. The monoisotopic (exact) mass is 319 g/mol. The van der Waals surface area contributed by atoms with Gasteiger partial charge in [0, 0.05) is 18.8 Å². The molecule has 1 heterocycles. The predicted molar refractivity (Wildman–Crippen MR) is 89.4 cm³/mol. The summed E-state index contributed by atoms with van der Waals surface area (Å²) in [5.41, 5.74) is 1.94. The Bertz CT molecular complexity index is 530. The number of ether oxygens (including phenoxy) is 1. The molecule has 0 aromatic heterocycles. The van der Waals surface area contributed by atoms with Crippen LogP contribution in [0.4, 0.5) is 10.5 Å². The molecule has 1 aromatic carbocycles. The average Bonchev–Trinajstić information content (AvgIpc) is 2.55. The molecule has 2 rings (SSSR count). The topological polar surface area (TPSA) is 70.7 Å². The molecule has 0 bridgehead atoms. The Hall–Kier alpha value is -2.08. The van der Waals surface area contributed by atoms with Gasteiger partial charge in [-0.2, -0.15) is 0 Å². The van der Waals surface area contributed by atoms with Gasteiger partial charge in [-0.3, -0.25) is 9.69 Å². The summed E-state index contributed by atoms with van der Waals surface area (Å²) >= 11 is 0. The van der Waals surface area contributed by atoms with Gasteiger partial charge in [-0.05, 0) is 44.4 Å². The van der Waals surface area contributed by atoms with E-state index in [2.05, 4.69) is 15.5 Å². The summed E-state index contributed by atoms with van der Waals surface area (Å²) in [6.45, 7) is 4.64. The van der Waals surface area contributed by atoms with E-state index >= 15 is 0 Å². The standard InChI is InChI=1S/C17H25N3O3/c1-13-5-7-15(8-6-13)19-17(22)18-10-14-4-3-9-20(11-14)12-16(21)23-2/h5-8,14H,3-4,9-12H2,1-2H3,(H2,18,19,22). The van der Waals surface area contributed by atoms with Crippen molar-refractivity contribution in [2.75, 3.05) is 38.6 Å². The van der Waals surface area contributed by atoms with E-state index < -0.39 is 0 Å². The summed E-state index contributed by atoms with van der Waals surface area (Å²) in [6, 6.07) is 7.49. The maximum absolute atomic E-state index is 11.9. The molecule has 6 heteroatoms. The van der Waals surface area contributed by atoms with Crippen LogP contribution in [0.15, 0.2) is 24.3 Å². The molecule has 0 saturated carbocycles. The first-order chi connectivity index (χ1) is 11.1. The zero-order chi connectivity index (χ0) is 16.7. The summed E-state index contributed by atoms with van der Waals surface area (Å²) in [5, 5.41) is 5.73.